The Morgan fingerprint density at radius 1 is 1.15 bits per heavy atom. The number of nitrogens with one attached hydrogen (secondary N) is 1. The zero-order valence-corrected chi connectivity index (χ0v) is 17.4. The zero-order valence-electron chi connectivity index (χ0n) is 15.0. The van der Waals surface area contributed by atoms with Crippen LogP contribution in [-0.4, -0.2) is 17.4 Å². The van der Waals surface area contributed by atoms with E-state index in [9.17, 15) is 9.59 Å². The Hall–Kier alpha value is -2.31. The number of ether oxygens (including phenoxy) is 1. The molecule has 1 aliphatic rings. The standard InChI is InChI=1S/C20H18BrClN2O3/c1-20(2,3)27-17-15(21)10-12(11-16(17)22)9-14-18(25)23-24(19(14)26)13-7-5-4-6-8-13/h4-11H,1-3H3,(H,23,25)/b14-9-. The Bertz CT molecular complexity index is 913. The summed E-state index contributed by atoms with van der Waals surface area (Å²) in [6.45, 7) is 5.77. The van der Waals surface area contributed by atoms with E-state index in [0.717, 1.165) is 0 Å². The molecule has 0 bridgehead atoms. The lowest BCUT2D eigenvalue weighted by molar-refractivity contribution is -0.117. The van der Waals surface area contributed by atoms with Crippen LogP contribution in [0.2, 0.25) is 5.02 Å². The Balaban J connectivity index is 1.93. The summed E-state index contributed by atoms with van der Waals surface area (Å²) in [6, 6.07) is 12.3. The second kappa shape index (κ2) is 7.37. The Morgan fingerprint density at radius 3 is 2.41 bits per heavy atom. The summed E-state index contributed by atoms with van der Waals surface area (Å²) in [7, 11) is 0. The van der Waals surface area contributed by atoms with Crippen molar-refractivity contribution in [2.75, 3.05) is 5.01 Å². The number of hydrazine groups is 1. The first-order valence-electron chi connectivity index (χ1n) is 8.26. The molecule has 140 valence electrons. The highest BCUT2D eigenvalue weighted by Gasteiger charge is 2.34. The lowest BCUT2D eigenvalue weighted by Crippen LogP contribution is -2.35. The highest BCUT2D eigenvalue weighted by atomic mass is 79.9. The predicted octanol–water partition coefficient (Wildman–Crippen LogP) is 4.74. The number of carbonyl (C=O) groups is 2. The normalized spacial score (nSPS) is 16.0. The van der Waals surface area contributed by atoms with Crippen molar-refractivity contribution in [3.05, 3.63) is 63.1 Å². The molecule has 2 aromatic rings. The number of halogens is 2. The topological polar surface area (TPSA) is 58.6 Å². The predicted molar refractivity (Wildman–Crippen MR) is 110 cm³/mol. The maximum Gasteiger partial charge on any atom is 0.282 e. The average molecular weight is 450 g/mol. The quantitative estimate of drug-likeness (QED) is 0.544. The van der Waals surface area contributed by atoms with Gasteiger partial charge in [0, 0.05) is 0 Å². The number of carbonyl (C=O) groups excluding carboxylic acids is 2. The van der Waals surface area contributed by atoms with E-state index in [-0.39, 0.29) is 5.57 Å². The van der Waals surface area contributed by atoms with Crippen LogP contribution in [0.1, 0.15) is 26.3 Å². The zero-order chi connectivity index (χ0) is 19.8. The van der Waals surface area contributed by atoms with Gasteiger partial charge >= 0.3 is 0 Å². The fraction of sp³-hybridized carbons (Fsp3) is 0.200. The van der Waals surface area contributed by atoms with Gasteiger partial charge in [0.05, 0.1) is 15.2 Å². The van der Waals surface area contributed by atoms with Gasteiger partial charge < -0.3 is 4.74 Å². The minimum Gasteiger partial charge on any atom is -0.485 e. The van der Waals surface area contributed by atoms with E-state index in [0.29, 0.717) is 26.5 Å². The Kier molecular flexibility index (Phi) is 5.31. The van der Waals surface area contributed by atoms with Crippen molar-refractivity contribution >= 4 is 51.1 Å². The molecule has 2 amide bonds. The van der Waals surface area contributed by atoms with Gasteiger partial charge in [0.25, 0.3) is 11.8 Å². The molecule has 0 radical (unpaired) electrons. The third-order valence-electron chi connectivity index (χ3n) is 3.65. The van der Waals surface area contributed by atoms with Crippen molar-refractivity contribution in [2.24, 2.45) is 0 Å². The second-order valence-electron chi connectivity index (χ2n) is 7.00. The summed E-state index contributed by atoms with van der Waals surface area (Å²) >= 11 is 9.79. The van der Waals surface area contributed by atoms with Crippen molar-refractivity contribution in [3.63, 3.8) is 0 Å². The fourth-order valence-corrected chi connectivity index (χ4v) is 3.49. The van der Waals surface area contributed by atoms with Crippen LogP contribution in [0.25, 0.3) is 6.08 Å². The summed E-state index contributed by atoms with van der Waals surface area (Å²) in [5, 5.41) is 1.61. The molecule has 2 aromatic carbocycles. The van der Waals surface area contributed by atoms with Crippen LogP contribution in [0.3, 0.4) is 0 Å². The Labute approximate surface area is 171 Å². The molecule has 1 N–H and O–H groups in total. The van der Waals surface area contributed by atoms with E-state index >= 15 is 0 Å². The Morgan fingerprint density at radius 2 is 1.81 bits per heavy atom. The molecule has 1 heterocycles. The number of benzene rings is 2. The first-order chi connectivity index (χ1) is 12.7. The summed E-state index contributed by atoms with van der Waals surface area (Å²) in [4.78, 5) is 24.9. The number of para-hydroxylation sites is 1. The van der Waals surface area contributed by atoms with Crippen molar-refractivity contribution in [2.45, 2.75) is 26.4 Å². The molecule has 3 rings (SSSR count). The number of amides is 2. The van der Waals surface area contributed by atoms with E-state index in [1.54, 1.807) is 36.4 Å². The van der Waals surface area contributed by atoms with E-state index < -0.39 is 17.4 Å². The largest absolute Gasteiger partial charge is 0.485 e. The minimum atomic E-state index is -0.467. The van der Waals surface area contributed by atoms with Gasteiger partial charge in [0.1, 0.15) is 11.2 Å². The number of nitrogens with zero attached hydrogens (tertiary/aromatic N) is 1. The van der Waals surface area contributed by atoms with Crippen molar-refractivity contribution in [1.82, 2.24) is 5.43 Å². The number of hydrogen-bond donors (Lipinski definition) is 1. The van der Waals surface area contributed by atoms with Gasteiger partial charge in [-0.25, -0.2) is 5.01 Å². The van der Waals surface area contributed by atoms with Crippen LogP contribution in [0.5, 0.6) is 5.75 Å². The monoisotopic (exact) mass is 448 g/mol. The van der Waals surface area contributed by atoms with Gasteiger partial charge in [-0.1, -0.05) is 29.8 Å². The maximum atomic E-state index is 12.7. The molecule has 1 saturated heterocycles. The minimum absolute atomic E-state index is 0.0336. The molecule has 0 spiro atoms. The van der Waals surface area contributed by atoms with Gasteiger partial charge in [-0.05, 0) is 72.6 Å². The van der Waals surface area contributed by atoms with E-state index in [1.165, 1.54) is 11.1 Å². The van der Waals surface area contributed by atoms with Crippen molar-refractivity contribution < 1.29 is 14.3 Å². The number of rotatable bonds is 3. The third kappa shape index (κ3) is 4.34. The van der Waals surface area contributed by atoms with Crippen LogP contribution >= 0.6 is 27.5 Å². The molecule has 0 atom stereocenters. The van der Waals surface area contributed by atoms with Crippen LogP contribution in [0, 0.1) is 0 Å². The molecule has 7 heteroatoms. The smallest absolute Gasteiger partial charge is 0.282 e. The molecule has 0 saturated carbocycles. The summed E-state index contributed by atoms with van der Waals surface area (Å²) in [6.07, 6.45) is 1.51. The van der Waals surface area contributed by atoms with Crippen LogP contribution in [0.15, 0.2) is 52.5 Å². The van der Waals surface area contributed by atoms with Crippen LogP contribution < -0.4 is 15.2 Å². The molecular weight excluding hydrogens is 432 g/mol. The van der Waals surface area contributed by atoms with Gasteiger partial charge in [-0.15, -0.1) is 0 Å². The van der Waals surface area contributed by atoms with Crippen LogP contribution in [-0.2, 0) is 9.59 Å². The molecule has 0 aliphatic carbocycles. The third-order valence-corrected chi connectivity index (χ3v) is 4.52. The van der Waals surface area contributed by atoms with E-state index in [2.05, 4.69) is 21.4 Å². The lowest BCUT2D eigenvalue weighted by Gasteiger charge is -2.23. The first-order valence-corrected chi connectivity index (χ1v) is 9.43. The SMILES string of the molecule is CC(C)(C)Oc1c(Cl)cc(/C=C2/C(=O)NN(c3ccccc3)C2=O)cc1Br. The lowest BCUT2D eigenvalue weighted by atomic mass is 10.1. The molecule has 27 heavy (non-hydrogen) atoms. The first kappa shape index (κ1) is 19.5. The van der Waals surface area contributed by atoms with Crippen molar-refractivity contribution in [1.29, 1.82) is 0 Å². The molecular formula is C20H18BrClN2O3. The maximum absolute atomic E-state index is 12.7. The summed E-state index contributed by atoms with van der Waals surface area (Å²) in [5.74, 6) is -0.376. The summed E-state index contributed by atoms with van der Waals surface area (Å²) < 4.78 is 6.49. The molecule has 0 aromatic heterocycles. The average Bonchev–Trinajstić information content (AvgIpc) is 2.86. The fourth-order valence-electron chi connectivity index (χ4n) is 2.55. The second-order valence-corrected chi connectivity index (χ2v) is 8.26. The van der Waals surface area contributed by atoms with E-state index in [1.807, 2.05) is 26.8 Å². The molecule has 5 nitrogen and oxygen atoms in total. The molecule has 1 fully saturated rings. The summed E-state index contributed by atoms with van der Waals surface area (Å²) in [5.41, 5.74) is 3.39. The van der Waals surface area contributed by atoms with Crippen molar-refractivity contribution in [3.8, 4) is 5.75 Å². The van der Waals surface area contributed by atoms with Gasteiger partial charge in [-0.3, -0.25) is 15.0 Å². The van der Waals surface area contributed by atoms with E-state index in [4.69, 9.17) is 16.3 Å². The number of anilines is 1. The van der Waals surface area contributed by atoms with Crippen LogP contribution in [0.4, 0.5) is 5.69 Å². The number of hydrogen-bond acceptors (Lipinski definition) is 3. The molecule has 1 aliphatic heterocycles. The molecule has 0 unspecified atom stereocenters. The van der Waals surface area contributed by atoms with Gasteiger partial charge in [0.2, 0.25) is 0 Å². The highest BCUT2D eigenvalue weighted by molar-refractivity contribution is 9.10. The highest BCUT2D eigenvalue weighted by Crippen LogP contribution is 2.37. The van der Waals surface area contributed by atoms with Gasteiger partial charge in [0.15, 0.2) is 5.75 Å². The van der Waals surface area contributed by atoms with Gasteiger partial charge in [-0.2, -0.15) is 0 Å².